The second kappa shape index (κ2) is 8.92. The van der Waals surface area contributed by atoms with Crippen molar-refractivity contribution in [3.8, 4) is 0 Å². The second-order valence-electron chi connectivity index (χ2n) is 6.26. The van der Waals surface area contributed by atoms with E-state index in [-0.39, 0.29) is 17.7 Å². The molecule has 1 atom stereocenters. The molecule has 1 heterocycles. The van der Waals surface area contributed by atoms with Gasteiger partial charge in [0.2, 0.25) is 0 Å². The Kier molecular flexibility index (Phi) is 6.36. The number of carbonyl (C=O) groups excluding carboxylic acids is 2. The maximum atomic E-state index is 12.6. The first-order valence-electron chi connectivity index (χ1n) is 8.71. The minimum atomic E-state index is -0.272. The number of piperidine rings is 1. The Hall–Kier alpha value is -2.24. The Morgan fingerprint density at radius 2 is 1.65 bits per heavy atom. The van der Waals surface area contributed by atoms with E-state index in [1.54, 1.807) is 12.1 Å². The Labute approximate surface area is 161 Å². The van der Waals surface area contributed by atoms with Crippen molar-refractivity contribution in [3.63, 3.8) is 0 Å². The van der Waals surface area contributed by atoms with Gasteiger partial charge < -0.3 is 10.6 Å². The Morgan fingerprint density at radius 3 is 2.27 bits per heavy atom. The molecule has 0 aromatic heterocycles. The normalized spacial score (nSPS) is 18.2. The van der Waals surface area contributed by atoms with Crippen LogP contribution in [0.5, 0.6) is 0 Å². The van der Waals surface area contributed by atoms with E-state index in [2.05, 4.69) is 26.6 Å². The van der Waals surface area contributed by atoms with Crippen molar-refractivity contribution in [2.45, 2.75) is 25.3 Å². The van der Waals surface area contributed by atoms with Crippen LogP contribution in [0.3, 0.4) is 0 Å². The minimum absolute atomic E-state index is 0.184. The molecule has 1 unspecified atom stereocenters. The first-order valence-corrected chi connectivity index (χ1v) is 9.51. The van der Waals surface area contributed by atoms with Crippen LogP contribution in [0.25, 0.3) is 4.48 Å². The van der Waals surface area contributed by atoms with Gasteiger partial charge in [0.05, 0.1) is 6.04 Å². The van der Waals surface area contributed by atoms with Gasteiger partial charge in [0.25, 0.3) is 5.91 Å². The summed E-state index contributed by atoms with van der Waals surface area (Å²) in [4.78, 5) is 24.9. The number of nitrogens with one attached hydrogen (secondary N) is 2. The lowest BCUT2D eigenvalue weighted by atomic mass is 9.98. The van der Waals surface area contributed by atoms with Crippen molar-refractivity contribution in [1.82, 2.24) is 10.6 Å². The molecule has 2 aromatic rings. The maximum Gasteiger partial charge on any atom is 0.255 e. The molecule has 1 amide bonds. The Bertz CT molecular complexity index is 803. The summed E-state index contributed by atoms with van der Waals surface area (Å²) in [6.45, 7) is 0.819. The van der Waals surface area contributed by atoms with Crippen LogP contribution in [-0.2, 0) is 4.79 Å². The summed E-state index contributed by atoms with van der Waals surface area (Å²) in [6.07, 6.45) is 1.89. The molecule has 5 heteroatoms. The van der Waals surface area contributed by atoms with Crippen LogP contribution < -0.4 is 10.6 Å². The van der Waals surface area contributed by atoms with Crippen LogP contribution in [0.2, 0.25) is 0 Å². The number of Topliss-reactive ketones (excluding diaryl/α,β-unsaturated/α-hetero) is 1. The standard InChI is InChI=1S/C21H21BrN2O2/c22-20(15-8-3-1-4-9-15)18(14-17-19(25)12-7-13-23-17)24-21(26)16-10-5-2-6-11-16/h1-6,8-11,17,23H,7,12-14H2,(H,24,26)/b20-18-. The SMILES string of the molecule is O=C(N/C(CC1NCCCC1=O)=C(\Br)c1ccccc1)c1ccccc1. The van der Waals surface area contributed by atoms with Gasteiger partial charge in [-0.1, -0.05) is 48.5 Å². The summed E-state index contributed by atoms with van der Waals surface area (Å²) in [6, 6.07) is 18.6. The van der Waals surface area contributed by atoms with Crippen molar-refractivity contribution < 1.29 is 9.59 Å². The number of benzene rings is 2. The topological polar surface area (TPSA) is 58.2 Å². The zero-order valence-electron chi connectivity index (χ0n) is 14.4. The fourth-order valence-electron chi connectivity index (χ4n) is 2.97. The van der Waals surface area contributed by atoms with Crippen molar-refractivity contribution in [2.24, 2.45) is 0 Å². The highest BCUT2D eigenvalue weighted by atomic mass is 79.9. The van der Waals surface area contributed by atoms with Crippen molar-refractivity contribution >= 4 is 32.1 Å². The summed E-state index contributed by atoms with van der Waals surface area (Å²) in [5.74, 6) is 0.00723. The molecule has 1 fully saturated rings. The molecule has 3 rings (SSSR count). The molecule has 0 bridgehead atoms. The van der Waals surface area contributed by atoms with E-state index in [0.29, 0.717) is 24.1 Å². The molecule has 1 saturated heterocycles. The van der Waals surface area contributed by atoms with Gasteiger partial charge in [0.1, 0.15) is 5.78 Å². The number of rotatable bonds is 5. The maximum absolute atomic E-state index is 12.6. The summed E-state index contributed by atoms with van der Waals surface area (Å²) in [7, 11) is 0. The zero-order chi connectivity index (χ0) is 18.4. The molecule has 0 saturated carbocycles. The van der Waals surface area contributed by atoms with Gasteiger partial charge >= 0.3 is 0 Å². The van der Waals surface area contributed by atoms with Gasteiger partial charge in [-0.15, -0.1) is 0 Å². The van der Waals surface area contributed by atoms with E-state index >= 15 is 0 Å². The third-order valence-electron chi connectivity index (χ3n) is 4.38. The molecular formula is C21H21BrN2O2. The van der Waals surface area contributed by atoms with E-state index in [1.165, 1.54) is 0 Å². The lowest BCUT2D eigenvalue weighted by Crippen LogP contribution is -2.43. The molecule has 1 aliphatic rings. The number of carbonyl (C=O) groups is 2. The largest absolute Gasteiger partial charge is 0.324 e. The number of hydrogen-bond acceptors (Lipinski definition) is 3. The smallest absolute Gasteiger partial charge is 0.255 e. The number of amides is 1. The molecule has 0 aliphatic carbocycles. The third kappa shape index (κ3) is 4.68. The average Bonchev–Trinajstić information content (AvgIpc) is 2.70. The van der Waals surface area contributed by atoms with Crippen LogP contribution >= 0.6 is 15.9 Å². The highest BCUT2D eigenvalue weighted by molar-refractivity contribution is 9.15. The van der Waals surface area contributed by atoms with Crippen LogP contribution in [0.1, 0.15) is 35.2 Å². The van der Waals surface area contributed by atoms with Gasteiger partial charge in [-0.3, -0.25) is 9.59 Å². The predicted octanol–water partition coefficient (Wildman–Crippen LogP) is 3.89. The van der Waals surface area contributed by atoms with E-state index in [1.807, 2.05) is 48.5 Å². The van der Waals surface area contributed by atoms with E-state index in [4.69, 9.17) is 0 Å². The van der Waals surface area contributed by atoms with E-state index < -0.39 is 0 Å². The van der Waals surface area contributed by atoms with Crippen LogP contribution in [0, 0.1) is 0 Å². The molecule has 26 heavy (non-hydrogen) atoms. The Balaban J connectivity index is 1.88. The van der Waals surface area contributed by atoms with Crippen LogP contribution in [0.15, 0.2) is 66.4 Å². The minimum Gasteiger partial charge on any atom is -0.324 e. The fraction of sp³-hybridized carbons (Fsp3) is 0.238. The molecular weight excluding hydrogens is 392 g/mol. The van der Waals surface area contributed by atoms with Crippen molar-refractivity contribution in [3.05, 3.63) is 77.5 Å². The average molecular weight is 413 g/mol. The molecule has 0 spiro atoms. The molecule has 4 nitrogen and oxygen atoms in total. The molecule has 134 valence electrons. The second-order valence-corrected chi connectivity index (χ2v) is 7.05. The highest BCUT2D eigenvalue weighted by Crippen LogP contribution is 2.27. The van der Waals surface area contributed by atoms with Gasteiger partial charge in [-0.2, -0.15) is 0 Å². The molecule has 1 aliphatic heterocycles. The van der Waals surface area contributed by atoms with Gasteiger partial charge in [-0.05, 0) is 46.6 Å². The van der Waals surface area contributed by atoms with Gasteiger partial charge in [0, 0.05) is 28.6 Å². The quantitative estimate of drug-likeness (QED) is 0.782. The molecule has 0 radical (unpaired) electrons. The first-order chi connectivity index (χ1) is 12.6. The van der Waals surface area contributed by atoms with Crippen LogP contribution in [0.4, 0.5) is 0 Å². The number of halogens is 1. The first kappa shape index (κ1) is 18.5. The lowest BCUT2D eigenvalue weighted by Gasteiger charge is -2.24. The lowest BCUT2D eigenvalue weighted by molar-refractivity contribution is -0.122. The summed E-state index contributed by atoms with van der Waals surface area (Å²) in [5, 5.41) is 6.26. The van der Waals surface area contributed by atoms with Crippen molar-refractivity contribution in [1.29, 1.82) is 0 Å². The third-order valence-corrected chi connectivity index (χ3v) is 5.32. The monoisotopic (exact) mass is 412 g/mol. The molecule has 2 aromatic carbocycles. The zero-order valence-corrected chi connectivity index (χ0v) is 16.0. The van der Waals surface area contributed by atoms with E-state index in [9.17, 15) is 9.59 Å². The summed E-state index contributed by atoms with van der Waals surface area (Å²) in [5.41, 5.74) is 2.25. The summed E-state index contributed by atoms with van der Waals surface area (Å²) < 4.78 is 0.794. The van der Waals surface area contributed by atoms with E-state index in [0.717, 1.165) is 23.0 Å². The summed E-state index contributed by atoms with van der Waals surface area (Å²) >= 11 is 3.63. The van der Waals surface area contributed by atoms with Crippen molar-refractivity contribution in [2.75, 3.05) is 6.54 Å². The van der Waals surface area contributed by atoms with Crippen LogP contribution in [-0.4, -0.2) is 24.3 Å². The van der Waals surface area contributed by atoms with Gasteiger partial charge in [-0.25, -0.2) is 0 Å². The predicted molar refractivity (Wildman–Crippen MR) is 107 cm³/mol. The molecule has 2 N–H and O–H groups in total. The number of hydrogen-bond donors (Lipinski definition) is 2. The van der Waals surface area contributed by atoms with Gasteiger partial charge in [0.15, 0.2) is 0 Å². The Morgan fingerprint density at radius 1 is 1.04 bits per heavy atom. The highest BCUT2D eigenvalue weighted by Gasteiger charge is 2.25. The fourth-order valence-corrected chi connectivity index (χ4v) is 3.50. The number of ketones is 1.